The van der Waals surface area contributed by atoms with E-state index in [1.807, 2.05) is 0 Å². The van der Waals surface area contributed by atoms with Gasteiger partial charge in [0.15, 0.2) is 23.1 Å². The van der Waals surface area contributed by atoms with Crippen LogP contribution in [0.5, 0.6) is 11.5 Å². The zero-order valence-corrected chi connectivity index (χ0v) is 8.84. The van der Waals surface area contributed by atoms with Crippen molar-refractivity contribution in [1.82, 2.24) is 0 Å². The molecule has 0 aliphatic heterocycles. The van der Waals surface area contributed by atoms with Crippen molar-refractivity contribution in [2.45, 2.75) is 0 Å². The maximum Gasteiger partial charge on any atom is 0.209 e. The molecule has 0 aromatic heterocycles. The Morgan fingerprint density at radius 1 is 1.31 bits per heavy atom. The van der Waals surface area contributed by atoms with Gasteiger partial charge >= 0.3 is 0 Å². The highest BCUT2D eigenvalue weighted by Crippen LogP contribution is 2.32. The Bertz CT molecular complexity index is 421. The van der Waals surface area contributed by atoms with E-state index < -0.39 is 23.2 Å². The van der Waals surface area contributed by atoms with Crippen LogP contribution in [0.4, 0.5) is 8.78 Å². The standard InChI is InChI=1S/C10H11F2NO3/c1-15-7-3-5(6(14)4-13)8(11)10(16-2)9(7)12/h3H,4,13H2,1-2H3. The fraction of sp³-hybridized carbons (Fsp3) is 0.300. The molecule has 0 heterocycles. The highest BCUT2D eigenvalue weighted by Gasteiger charge is 2.22. The first-order chi connectivity index (χ1) is 7.56. The van der Waals surface area contributed by atoms with Crippen LogP contribution in [-0.2, 0) is 0 Å². The molecular formula is C10H11F2NO3. The molecule has 0 spiro atoms. The van der Waals surface area contributed by atoms with Crippen LogP contribution >= 0.6 is 0 Å². The number of hydrogen-bond donors (Lipinski definition) is 1. The van der Waals surface area contributed by atoms with Gasteiger partial charge in [-0.3, -0.25) is 4.79 Å². The van der Waals surface area contributed by atoms with Crippen LogP contribution in [-0.4, -0.2) is 26.5 Å². The lowest BCUT2D eigenvalue weighted by Gasteiger charge is -2.10. The molecule has 1 aromatic rings. The van der Waals surface area contributed by atoms with Crippen molar-refractivity contribution in [1.29, 1.82) is 0 Å². The Labute approximate surface area is 91.0 Å². The Morgan fingerprint density at radius 2 is 1.94 bits per heavy atom. The SMILES string of the molecule is COc1cc(C(=O)CN)c(F)c(OC)c1F. The van der Waals surface area contributed by atoms with Crippen molar-refractivity contribution < 1.29 is 23.0 Å². The second kappa shape index (κ2) is 4.89. The van der Waals surface area contributed by atoms with Gasteiger partial charge in [-0.25, -0.2) is 4.39 Å². The molecule has 0 aliphatic rings. The van der Waals surface area contributed by atoms with Gasteiger partial charge in [0, 0.05) is 0 Å². The van der Waals surface area contributed by atoms with Crippen molar-refractivity contribution in [2.24, 2.45) is 5.73 Å². The first kappa shape index (κ1) is 12.4. The number of carbonyl (C=O) groups is 1. The predicted octanol–water partition coefficient (Wildman–Crippen LogP) is 1.12. The minimum Gasteiger partial charge on any atom is -0.494 e. The largest absolute Gasteiger partial charge is 0.494 e. The summed E-state index contributed by atoms with van der Waals surface area (Å²) in [5.41, 5.74) is 4.75. The van der Waals surface area contributed by atoms with Crippen LogP contribution < -0.4 is 15.2 Å². The van der Waals surface area contributed by atoms with Crippen molar-refractivity contribution in [3.05, 3.63) is 23.3 Å². The van der Waals surface area contributed by atoms with Gasteiger partial charge < -0.3 is 15.2 Å². The molecule has 0 amide bonds. The van der Waals surface area contributed by atoms with Gasteiger partial charge in [-0.05, 0) is 6.07 Å². The summed E-state index contributed by atoms with van der Waals surface area (Å²) < 4.78 is 36.2. The van der Waals surface area contributed by atoms with E-state index in [9.17, 15) is 13.6 Å². The number of carbonyl (C=O) groups excluding carboxylic acids is 1. The Morgan fingerprint density at radius 3 is 2.38 bits per heavy atom. The summed E-state index contributed by atoms with van der Waals surface area (Å²) in [7, 11) is 2.30. The van der Waals surface area contributed by atoms with E-state index in [1.54, 1.807) is 0 Å². The van der Waals surface area contributed by atoms with Crippen molar-refractivity contribution >= 4 is 5.78 Å². The summed E-state index contributed by atoms with van der Waals surface area (Å²) in [4.78, 5) is 11.3. The van der Waals surface area contributed by atoms with E-state index in [4.69, 9.17) is 5.73 Å². The average Bonchev–Trinajstić information content (AvgIpc) is 2.29. The quantitative estimate of drug-likeness (QED) is 0.789. The van der Waals surface area contributed by atoms with E-state index >= 15 is 0 Å². The predicted molar refractivity (Wildman–Crippen MR) is 52.8 cm³/mol. The van der Waals surface area contributed by atoms with Gasteiger partial charge in [0.2, 0.25) is 5.82 Å². The molecule has 0 bridgehead atoms. The van der Waals surface area contributed by atoms with Crippen LogP contribution in [0, 0.1) is 11.6 Å². The van der Waals surface area contributed by atoms with E-state index in [2.05, 4.69) is 9.47 Å². The highest BCUT2D eigenvalue weighted by molar-refractivity contribution is 5.98. The van der Waals surface area contributed by atoms with Crippen molar-refractivity contribution in [3.8, 4) is 11.5 Å². The Hall–Kier alpha value is -1.69. The van der Waals surface area contributed by atoms with Crippen LogP contribution in [0.1, 0.15) is 10.4 Å². The summed E-state index contributed by atoms with van der Waals surface area (Å²) in [6.45, 7) is -0.380. The highest BCUT2D eigenvalue weighted by atomic mass is 19.1. The molecule has 6 heteroatoms. The zero-order chi connectivity index (χ0) is 12.3. The third kappa shape index (κ3) is 1.96. The lowest BCUT2D eigenvalue weighted by Crippen LogP contribution is -2.16. The van der Waals surface area contributed by atoms with E-state index in [0.717, 1.165) is 13.2 Å². The Balaban J connectivity index is 3.46. The van der Waals surface area contributed by atoms with Gasteiger partial charge in [-0.2, -0.15) is 4.39 Å². The fourth-order valence-electron chi connectivity index (χ4n) is 1.23. The number of hydrogen-bond acceptors (Lipinski definition) is 4. The minimum atomic E-state index is -1.07. The molecule has 16 heavy (non-hydrogen) atoms. The molecule has 0 saturated carbocycles. The number of ether oxygens (including phenoxy) is 2. The minimum absolute atomic E-state index is 0.268. The normalized spacial score (nSPS) is 10.1. The Kier molecular flexibility index (Phi) is 3.78. The van der Waals surface area contributed by atoms with Crippen LogP contribution in [0.3, 0.4) is 0 Å². The number of methoxy groups -OCH3 is 2. The van der Waals surface area contributed by atoms with Crippen molar-refractivity contribution in [2.75, 3.05) is 20.8 Å². The van der Waals surface area contributed by atoms with Gasteiger partial charge in [-0.1, -0.05) is 0 Å². The second-order valence-corrected chi connectivity index (χ2v) is 2.91. The van der Waals surface area contributed by atoms with E-state index in [1.165, 1.54) is 7.11 Å². The summed E-state index contributed by atoms with van der Waals surface area (Å²) in [6, 6.07) is 0.961. The molecule has 1 rings (SSSR count). The molecule has 0 fully saturated rings. The number of nitrogens with two attached hydrogens (primary N) is 1. The molecule has 4 nitrogen and oxygen atoms in total. The average molecular weight is 231 g/mol. The lowest BCUT2D eigenvalue weighted by molar-refractivity contribution is 0.0996. The summed E-state index contributed by atoms with van der Waals surface area (Å²) in [5.74, 6) is -3.65. The summed E-state index contributed by atoms with van der Waals surface area (Å²) in [6.07, 6.45) is 0. The first-order valence-corrected chi connectivity index (χ1v) is 4.40. The topological polar surface area (TPSA) is 61.5 Å². The monoisotopic (exact) mass is 231 g/mol. The second-order valence-electron chi connectivity index (χ2n) is 2.91. The molecule has 0 aliphatic carbocycles. The molecule has 88 valence electrons. The third-order valence-electron chi connectivity index (χ3n) is 2.04. The van der Waals surface area contributed by atoms with Crippen LogP contribution in [0.15, 0.2) is 6.07 Å². The first-order valence-electron chi connectivity index (χ1n) is 4.40. The van der Waals surface area contributed by atoms with Crippen molar-refractivity contribution in [3.63, 3.8) is 0 Å². The van der Waals surface area contributed by atoms with Gasteiger partial charge in [0.05, 0.1) is 26.3 Å². The molecule has 0 unspecified atom stereocenters. The third-order valence-corrected chi connectivity index (χ3v) is 2.04. The maximum atomic E-state index is 13.6. The van der Waals surface area contributed by atoms with Crippen LogP contribution in [0.25, 0.3) is 0 Å². The van der Waals surface area contributed by atoms with Gasteiger partial charge in [0.25, 0.3) is 0 Å². The molecular weight excluding hydrogens is 220 g/mol. The van der Waals surface area contributed by atoms with Gasteiger partial charge in [0.1, 0.15) is 0 Å². The summed E-state index contributed by atoms with van der Waals surface area (Å²) >= 11 is 0. The zero-order valence-electron chi connectivity index (χ0n) is 8.84. The maximum absolute atomic E-state index is 13.6. The number of benzene rings is 1. The van der Waals surface area contributed by atoms with Crippen LogP contribution in [0.2, 0.25) is 0 Å². The summed E-state index contributed by atoms with van der Waals surface area (Å²) in [5, 5.41) is 0. The smallest absolute Gasteiger partial charge is 0.209 e. The molecule has 1 aromatic carbocycles. The number of ketones is 1. The molecule has 2 N–H and O–H groups in total. The number of Topliss-reactive ketones (excluding diaryl/α,β-unsaturated/α-hetero) is 1. The molecule has 0 radical (unpaired) electrons. The molecule has 0 atom stereocenters. The van der Waals surface area contributed by atoms with E-state index in [0.29, 0.717) is 0 Å². The van der Waals surface area contributed by atoms with Gasteiger partial charge in [-0.15, -0.1) is 0 Å². The van der Waals surface area contributed by atoms with E-state index in [-0.39, 0.29) is 17.9 Å². The molecule has 0 saturated heterocycles. The lowest BCUT2D eigenvalue weighted by atomic mass is 10.1. The fourth-order valence-corrected chi connectivity index (χ4v) is 1.23. The number of rotatable bonds is 4. The number of halogens is 2.